The first-order chi connectivity index (χ1) is 10.8. The van der Waals surface area contributed by atoms with Gasteiger partial charge in [0.05, 0.1) is 7.11 Å². The lowest BCUT2D eigenvalue weighted by atomic mass is 10.2. The van der Waals surface area contributed by atoms with Crippen LogP contribution in [0.2, 0.25) is 0 Å². The second kappa shape index (κ2) is 6.89. The Bertz CT molecular complexity index is 622. The van der Waals surface area contributed by atoms with Gasteiger partial charge in [0.1, 0.15) is 5.75 Å². The Balaban J connectivity index is 1.60. The predicted octanol–water partition coefficient (Wildman–Crippen LogP) is 2.11. The number of nitrogens with zero attached hydrogens (tertiary/aromatic N) is 3. The van der Waals surface area contributed by atoms with Crippen LogP contribution < -0.4 is 4.74 Å². The predicted molar refractivity (Wildman–Crippen MR) is 86.3 cm³/mol. The molecule has 0 N–H and O–H groups in total. The number of carbonyl (C=O) groups is 1. The van der Waals surface area contributed by atoms with E-state index in [2.05, 4.69) is 27.4 Å². The number of amides is 1. The van der Waals surface area contributed by atoms with Crippen LogP contribution >= 0.6 is 11.3 Å². The fourth-order valence-electron chi connectivity index (χ4n) is 2.60. The molecule has 3 rings (SSSR count). The molecule has 0 atom stereocenters. The normalized spacial score (nSPS) is 15.8. The molecule has 6 heteroatoms. The molecule has 0 radical (unpaired) electrons. The van der Waals surface area contributed by atoms with Gasteiger partial charge in [-0.25, -0.2) is 4.98 Å². The molecular formula is C16H19N3O2S. The summed E-state index contributed by atoms with van der Waals surface area (Å²) in [7, 11) is 1.56. The Hall–Kier alpha value is -1.92. The minimum Gasteiger partial charge on any atom is -0.494 e. The van der Waals surface area contributed by atoms with E-state index in [1.165, 1.54) is 4.88 Å². The van der Waals surface area contributed by atoms with Gasteiger partial charge in [0.25, 0.3) is 5.91 Å². The van der Waals surface area contributed by atoms with E-state index in [4.69, 9.17) is 4.74 Å². The minimum atomic E-state index is -0.0479. The maximum absolute atomic E-state index is 12.6. The lowest BCUT2D eigenvalue weighted by molar-refractivity contribution is 0.0620. The summed E-state index contributed by atoms with van der Waals surface area (Å²) < 4.78 is 5.23. The van der Waals surface area contributed by atoms with Crippen molar-refractivity contribution in [3.63, 3.8) is 0 Å². The van der Waals surface area contributed by atoms with Crippen molar-refractivity contribution >= 4 is 17.2 Å². The van der Waals surface area contributed by atoms with Crippen LogP contribution in [0.3, 0.4) is 0 Å². The van der Waals surface area contributed by atoms with Gasteiger partial charge in [0, 0.05) is 43.8 Å². The molecule has 0 unspecified atom stereocenters. The highest BCUT2D eigenvalue weighted by Crippen LogP contribution is 2.18. The van der Waals surface area contributed by atoms with Gasteiger partial charge >= 0.3 is 0 Å². The third-order valence-corrected chi connectivity index (χ3v) is 4.67. The Kier molecular flexibility index (Phi) is 4.70. The summed E-state index contributed by atoms with van der Waals surface area (Å²) in [5, 5.41) is 2.10. The Morgan fingerprint density at radius 3 is 2.77 bits per heavy atom. The Morgan fingerprint density at radius 2 is 2.09 bits per heavy atom. The molecule has 1 amide bonds. The number of hydrogen-bond donors (Lipinski definition) is 0. The summed E-state index contributed by atoms with van der Waals surface area (Å²) in [6.45, 7) is 4.19. The molecule has 0 spiro atoms. The zero-order valence-electron chi connectivity index (χ0n) is 12.6. The summed E-state index contributed by atoms with van der Waals surface area (Å²) in [5.74, 6) is 0.488. The second-order valence-corrected chi connectivity index (χ2v) is 6.23. The average molecular weight is 317 g/mol. The lowest BCUT2D eigenvalue weighted by Gasteiger charge is -2.34. The molecule has 0 aliphatic carbocycles. The SMILES string of the molecule is COc1cccnc1C(=O)N1CCN(Cc2cccs2)CC1. The lowest BCUT2D eigenvalue weighted by Crippen LogP contribution is -2.48. The van der Waals surface area contributed by atoms with Gasteiger partial charge < -0.3 is 9.64 Å². The number of thiophene rings is 1. The van der Waals surface area contributed by atoms with Crippen LogP contribution in [0.25, 0.3) is 0 Å². The van der Waals surface area contributed by atoms with Crippen LogP contribution in [0.15, 0.2) is 35.8 Å². The van der Waals surface area contributed by atoms with Gasteiger partial charge in [0.15, 0.2) is 5.69 Å². The topological polar surface area (TPSA) is 45.7 Å². The molecule has 116 valence electrons. The van der Waals surface area contributed by atoms with Crippen molar-refractivity contribution in [2.45, 2.75) is 6.54 Å². The van der Waals surface area contributed by atoms with Gasteiger partial charge in [-0.1, -0.05) is 6.07 Å². The highest BCUT2D eigenvalue weighted by molar-refractivity contribution is 7.09. The molecule has 1 saturated heterocycles. The summed E-state index contributed by atoms with van der Waals surface area (Å²) >= 11 is 1.78. The van der Waals surface area contributed by atoms with E-state index < -0.39 is 0 Å². The van der Waals surface area contributed by atoms with Crippen molar-refractivity contribution in [2.75, 3.05) is 33.3 Å². The maximum Gasteiger partial charge on any atom is 0.276 e. The second-order valence-electron chi connectivity index (χ2n) is 5.20. The highest BCUT2D eigenvalue weighted by atomic mass is 32.1. The molecule has 2 aromatic rings. The summed E-state index contributed by atoms with van der Waals surface area (Å²) in [5.41, 5.74) is 0.400. The summed E-state index contributed by atoms with van der Waals surface area (Å²) in [6, 6.07) is 7.77. The van der Waals surface area contributed by atoms with E-state index in [9.17, 15) is 4.79 Å². The van der Waals surface area contributed by atoms with Crippen molar-refractivity contribution < 1.29 is 9.53 Å². The number of aromatic nitrogens is 1. The molecule has 5 nitrogen and oxygen atoms in total. The van der Waals surface area contributed by atoms with E-state index in [-0.39, 0.29) is 5.91 Å². The van der Waals surface area contributed by atoms with E-state index >= 15 is 0 Å². The van der Waals surface area contributed by atoms with E-state index in [1.54, 1.807) is 36.8 Å². The first-order valence-corrected chi connectivity index (χ1v) is 8.19. The zero-order valence-corrected chi connectivity index (χ0v) is 13.4. The molecular weight excluding hydrogens is 298 g/mol. The molecule has 3 heterocycles. The van der Waals surface area contributed by atoms with Crippen molar-refractivity contribution in [2.24, 2.45) is 0 Å². The quantitative estimate of drug-likeness (QED) is 0.866. The summed E-state index contributed by atoms with van der Waals surface area (Å²) in [6.07, 6.45) is 1.63. The molecule has 1 aliphatic heterocycles. The third kappa shape index (κ3) is 3.28. The van der Waals surface area contributed by atoms with Crippen LogP contribution in [0, 0.1) is 0 Å². The Morgan fingerprint density at radius 1 is 1.27 bits per heavy atom. The van der Waals surface area contributed by atoms with Crippen LogP contribution in [-0.4, -0.2) is 54.0 Å². The summed E-state index contributed by atoms with van der Waals surface area (Å²) in [4.78, 5) is 22.4. The smallest absolute Gasteiger partial charge is 0.276 e. The van der Waals surface area contributed by atoms with Crippen LogP contribution in [0.1, 0.15) is 15.4 Å². The van der Waals surface area contributed by atoms with Crippen molar-refractivity contribution in [3.05, 3.63) is 46.4 Å². The largest absolute Gasteiger partial charge is 0.494 e. The first-order valence-electron chi connectivity index (χ1n) is 7.31. The van der Waals surface area contributed by atoms with Gasteiger partial charge in [0.2, 0.25) is 0 Å². The van der Waals surface area contributed by atoms with Crippen LogP contribution in [0.5, 0.6) is 5.75 Å². The standard InChI is InChI=1S/C16H19N3O2S/c1-21-14-5-2-6-17-15(14)16(20)19-9-7-18(8-10-19)12-13-4-3-11-22-13/h2-6,11H,7-10,12H2,1H3. The van der Waals surface area contributed by atoms with Crippen molar-refractivity contribution in [1.29, 1.82) is 0 Å². The molecule has 0 saturated carbocycles. The van der Waals surface area contributed by atoms with Gasteiger partial charge in [-0.15, -0.1) is 11.3 Å². The minimum absolute atomic E-state index is 0.0479. The van der Waals surface area contributed by atoms with E-state index in [1.807, 2.05) is 4.90 Å². The van der Waals surface area contributed by atoms with Crippen LogP contribution in [-0.2, 0) is 6.54 Å². The molecule has 0 bridgehead atoms. The number of carbonyl (C=O) groups excluding carboxylic acids is 1. The third-order valence-electron chi connectivity index (χ3n) is 3.81. The highest BCUT2D eigenvalue weighted by Gasteiger charge is 2.25. The molecule has 1 aliphatic rings. The number of rotatable bonds is 4. The number of hydrogen-bond acceptors (Lipinski definition) is 5. The zero-order chi connectivity index (χ0) is 15.4. The molecule has 1 fully saturated rings. The van der Waals surface area contributed by atoms with Gasteiger partial charge in [-0.05, 0) is 23.6 Å². The van der Waals surface area contributed by atoms with Gasteiger partial charge in [-0.2, -0.15) is 0 Å². The monoisotopic (exact) mass is 317 g/mol. The van der Waals surface area contributed by atoms with E-state index in [0.717, 1.165) is 32.7 Å². The average Bonchev–Trinajstić information content (AvgIpc) is 3.08. The van der Waals surface area contributed by atoms with Crippen molar-refractivity contribution in [1.82, 2.24) is 14.8 Å². The number of piperazine rings is 1. The first kappa shape index (κ1) is 15.0. The number of pyridine rings is 1. The van der Waals surface area contributed by atoms with Crippen molar-refractivity contribution in [3.8, 4) is 5.75 Å². The maximum atomic E-state index is 12.6. The van der Waals surface area contributed by atoms with E-state index in [0.29, 0.717) is 11.4 Å². The Labute approximate surface area is 134 Å². The fourth-order valence-corrected chi connectivity index (χ4v) is 3.34. The molecule has 2 aromatic heterocycles. The number of methoxy groups -OCH3 is 1. The fraction of sp³-hybridized carbons (Fsp3) is 0.375. The van der Waals surface area contributed by atoms with Gasteiger partial charge in [-0.3, -0.25) is 9.69 Å². The van der Waals surface area contributed by atoms with Crippen LogP contribution in [0.4, 0.5) is 0 Å². The molecule has 0 aromatic carbocycles. The molecule has 22 heavy (non-hydrogen) atoms. The number of ether oxygens (including phenoxy) is 1.